The normalized spacial score (nSPS) is 14.0. The van der Waals surface area contributed by atoms with E-state index in [-0.39, 0.29) is 21.5 Å². The van der Waals surface area contributed by atoms with Crippen molar-refractivity contribution in [2.45, 2.75) is 25.9 Å². The third-order valence-electron chi connectivity index (χ3n) is 4.39. The highest BCUT2D eigenvalue weighted by Gasteiger charge is 2.26. The topological polar surface area (TPSA) is 112 Å². The highest BCUT2D eigenvalue weighted by molar-refractivity contribution is 6.64. The SMILES string of the molecule is C[C@@H](C(=O)Cl)n1c(=O)c2cc3c(=O)n([C@@H](C)C(=O)Cl)c(=O)c3cc2c1=O. The smallest absolute Gasteiger partial charge is 0.262 e. The van der Waals surface area contributed by atoms with E-state index < -0.39 is 44.8 Å². The van der Waals surface area contributed by atoms with Crippen LogP contribution >= 0.6 is 23.2 Å². The molecule has 0 aliphatic heterocycles. The lowest BCUT2D eigenvalue weighted by molar-refractivity contribution is -0.115. The van der Waals surface area contributed by atoms with Crippen LogP contribution in [0.3, 0.4) is 0 Å². The molecule has 26 heavy (non-hydrogen) atoms. The van der Waals surface area contributed by atoms with Gasteiger partial charge >= 0.3 is 0 Å². The van der Waals surface area contributed by atoms with Crippen LogP contribution in [0.2, 0.25) is 0 Å². The fraction of sp³-hybridized carbons (Fsp3) is 0.250. The summed E-state index contributed by atoms with van der Waals surface area (Å²) in [7, 11) is 0. The lowest BCUT2D eigenvalue weighted by Crippen LogP contribution is -2.31. The molecule has 0 saturated carbocycles. The predicted molar refractivity (Wildman–Crippen MR) is 96.0 cm³/mol. The molecule has 10 heteroatoms. The van der Waals surface area contributed by atoms with E-state index in [1.54, 1.807) is 0 Å². The third kappa shape index (κ3) is 2.37. The van der Waals surface area contributed by atoms with E-state index in [9.17, 15) is 28.8 Å². The second-order valence-electron chi connectivity index (χ2n) is 5.86. The van der Waals surface area contributed by atoms with Crippen molar-refractivity contribution in [3.8, 4) is 0 Å². The number of carbonyl (C=O) groups is 2. The first kappa shape index (κ1) is 18.2. The number of hydrogen-bond donors (Lipinski definition) is 0. The van der Waals surface area contributed by atoms with E-state index in [0.29, 0.717) is 9.13 Å². The Labute approximate surface area is 153 Å². The minimum atomic E-state index is -1.20. The zero-order chi connectivity index (χ0) is 19.5. The summed E-state index contributed by atoms with van der Waals surface area (Å²) >= 11 is 10.7. The molecule has 2 atom stereocenters. The molecule has 0 unspecified atom stereocenters. The van der Waals surface area contributed by atoms with Gasteiger partial charge in [0.05, 0.1) is 21.5 Å². The van der Waals surface area contributed by atoms with Gasteiger partial charge < -0.3 is 0 Å². The first-order valence-electron chi connectivity index (χ1n) is 7.40. The Morgan fingerprint density at radius 1 is 0.692 bits per heavy atom. The molecule has 0 fully saturated rings. The largest absolute Gasteiger partial charge is 0.279 e. The number of nitrogens with zero attached hydrogens (tertiary/aromatic N) is 2. The second kappa shape index (κ2) is 6.00. The number of hydrogen-bond acceptors (Lipinski definition) is 6. The lowest BCUT2D eigenvalue weighted by atomic mass is 10.1. The Morgan fingerprint density at radius 2 is 0.923 bits per heavy atom. The molecule has 3 rings (SSSR count). The minimum Gasteiger partial charge on any atom is -0.279 e. The van der Waals surface area contributed by atoms with Crippen LogP contribution in [0.25, 0.3) is 21.5 Å². The quantitative estimate of drug-likeness (QED) is 0.595. The predicted octanol–water partition coefficient (Wildman–Crippen LogP) is 0.565. The van der Waals surface area contributed by atoms with Gasteiger partial charge in [-0.1, -0.05) is 0 Å². The van der Waals surface area contributed by atoms with Crippen LogP contribution in [0, 0.1) is 0 Å². The minimum absolute atomic E-state index is 0.119. The van der Waals surface area contributed by atoms with Gasteiger partial charge in [-0.2, -0.15) is 0 Å². The molecule has 0 radical (unpaired) electrons. The Morgan fingerprint density at radius 3 is 1.12 bits per heavy atom. The van der Waals surface area contributed by atoms with Gasteiger partial charge in [-0.3, -0.25) is 37.9 Å². The molecule has 0 N–H and O–H groups in total. The standard InChI is InChI=1S/C16H10Cl2N2O6/c1-5(11(17)21)19-13(23)7-3-9-10(4-8(7)14(19)24)16(26)20(15(9)25)6(2)12(18)22/h3-6H,1-2H3/t5-,6-/m0/s1. The molecule has 0 bridgehead atoms. The van der Waals surface area contributed by atoms with Gasteiger partial charge in [0.25, 0.3) is 22.2 Å². The molecule has 0 spiro atoms. The number of benzene rings is 1. The lowest BCUT2D eigenvalue weighted by Gasteiger charge is -2.04. The molecule has 1 aromatic carbocycles. The van der Waals surface area contributed by atoms with Crippen molar-refractivity contribution in [3.63, 3.8) is 0 Å². The maximum Gasteiger partial charge on any atom is 0.262 e. The summed E-state index contributed by atoms with van der Waals surface area (Å²) < 4.78 is 1.35. The van der Waals surface area contributed by atoms with Gasteiger partial charge in [0, 0.05) is 0 Å². The number of carbonyl (C=O) groups excluding carboxylic acids is 2. The summed E-state index contributed by atoms with van der Waals surface area (Å²) in [5.41, 5.74) is -3.19. The molecule has 0 aliphatic carbocycles. The summed E-state index contributed by atoms with van der Waals surface area (Å²) in [6, 6.07) is -0.171. The first-order valence-corrected chi connectivity index (χ1v) is 8.16. The Hall–Kier alpha value is -2.58. The van der Waals surface area contributed by atoms with E-state index in [0.717, 1.165) is 12.1 Å². The zero-order valence-electron chi connectivity index (χ0n) is 13.4. The van der Waals surface area contributed by atoms with Crippen LogP contribution in [-0.2, 0) is 9.59 Å². The third-order valence-corrected chi connectivity index (χ3v) is 5.02. The summed E-state index contributed by atoms with van der Waals surface area (Å²) in [6.07, 6.45) is 0. The molecule has 2 aromatic heterocycles. The fourth-order valence-electron chi connectivity index (χ4n) is 2.92. The molecule has 2 heterocycles. The van der Waals surface area contributed by atoms with Crippen LogP contribution in [0.15, 0.2) is 31.3 Å². The van der Waals surface area contributed by atoms with Crippen molar-refractivity contribution in [1.29, 1.82) is 0 Å². The van der Waals surface area contributed by atoms with Gasteiger partial charge in [-0.25, -0.2) is 0 Å². The Balaban J connectivity index is 2.46. The van der Waals surface area contributed by atoms with Crippen LogP contribution in [0.1, 0.15) is 25.9 Å². The second-order valence-corrected chi connectivity index (χ2v) is 6.61. The van der Waals surface area contributed by atoms with Crippen molar-refractivity contribution in [2.24, 2.45) is 0 Å². The molecular weight excluding hydrogens is 387 g/mol. The highest BCUT2D eigenvalue weighted by Crippen LogP contribution is 2.18. The van der Waals surface area contributed by atoms with Crippen LogP contribution in [0.4, 0.5) is 0 Å². The molecular formula is C16H10Cl2N2O6. The van der Waals surface area contributed by atoms with Crippen LogP contribution in [0.5, 0.6) is 0 Å². The molecule has 0 saturated heterocycles. The van der Waals surface area contributed by atoms with E-state index in [1.807, 2.05) is 0 Å². The van der Waals surface area contributed by atoms with E-state index in [2.05, 4.69) is 0 Å². The average Bonchev–Trinajstić information content (AvgIpc) is 2.97. The summed E-state index contributed by atoms with van der Waals surface area (Å²) in [5.74, 6) is 0. The monoisotopic (exact) mass is 396 g/mol. The van der Waals surface area contributed by atoms with Gasteiger partial charge in [0.1, 0.15) is 12.1 Å². The van der Waals surface area contributed by atoms with Crippen molar-refractivity contribution >= 4 is 55.2 Å². The Kier molecular flexibility index (Phi) is 4.20. The Bertz CT molecular complexity index is 1130. The maximum absolute atomic E-state index is 12.5. The molecule has 0 amide bonds. The summed E-state index contributed by atoms with van der Waals surface area (Å²) in [4.78, 5) is 72.5. The van der Waals surface area contributed by atoms with E-state index in [4.69, 9.17) is 23.2 Å². The van der Waals surface area contributed by atoms with Gasteiger partial charge in [0.15, 0.2) is 0 Å². The first-order chi connectivity index (χ1) is 12.1. The number of fused-ring (bicyclic) bond motifs is 2. The molecule has 8 nitrogen and oxygen atoms in total. The average molecular weight is 397 g/mol. The van der Waals surface area contributed by atoms with Gasteiger partial charge in [-0.05, 0) is 49.2 Å². The van der Waals surface area contributed by atoms with E-state index >= 15 is 0 Å². The number of aromatic nitrogens is 2. The number of rotatable bonds is 4. The fourth-order valence-corrected chi connectivity index (χ4v) is 3.11. The van der Waals surface area contributed by atoms with Crippen molar-refractivity contribution < 1.29 is 9.59 Å². The van der Waals surface area contributed by atoms with Crippen molar-refractivity contribution in [1.82, 2.24) is 9.13 Å². The zero-order valence-corrected chi connectivity index (χ0v) is 14.9. The molecule has 0 aliphatic rings. The van der Waals surface area contributed by atoms with Gasteiger partial charge in [0.2, 0.25) is 10.5 Å². The highest BCUT2D eigenvalue weighted by atomic mass is 35.5. The van der Waals surface area contributed by atoms with E-state index in [1.165, 1.54) is 13.8 Å². The molecule has 134 valence electrons. The maximum atomic E-state index is 12.5. The van der Waals surface area contributed by atoms with Crippen molar-refractivity contribution in [3.05, 3.63) is 53.5 Å². The molecule has 3 aromatic rings. The summed E-state index contributed by atoms with van der Waals surface area (Å²) in [5, 5.41) is -2.28. The summed E-state index contributed by atoms with van der Waals surface area (Å²) in [6.45, 7) is 2.58. The van der Waals surface area contributed by atoms with Gasteiger partial charge in [-0.15, -0.1) is 0 Å². The van der Waals surface area contributed by atoms with Crippen LogP contribution in [-0.4, -0.2) is 19.6 Å². The van der Waals surface area contributed by atoms with Crippen molar-refractivity contribution in [2.75, 3.05) is 0 Å². The van der Waals surface area contributed by atoms with Crippen LogP contribution < -0.4 is 22.2 Å². The number of halogens is 2.